The van der Waals surface area contributed by atoms with Crippen LogP contribution in [0.5, 0.6) is 0 Å². The Morgan fingerprint density at radius 1 is 0.345 bits per heavy atom. The third-order valence-electron chi connectivity index (χ3n) is 11.5. The van der Waals surface area contributed by atoms with E-state index in [4.69, 9.17) is 0 Å². The third-order valence-corrected chi connectivity index (χ3v) is 12.6. The van der Waals surface area contributed by atoms with E-state index >= 15 is 0 Å². The van der Waals surface area contributed by atoms with Crippen LogP contribution in [0.15, 0.2) is 212 Å². The summed E-state index contributed by atoms with van der Waals surface area (Å²) in [7, 11) is 0. The summed E-state index contributed by atoms with van der Waals surface area (Å²) in [5, 5.41) is 5.07. The monoisotopic (exact) mass is 717 g/mol. The fourth-order valence-corrected chi connectivity index (χ4v) is 10.2. The van der Waals surface area contributed by atoms with Crippen LogP contribution in [-0.4, -0.2) is 0 Å². The van der Waals surface area contributed by atoms with Gasteiger partial charge in [0.2, 0.25) is 0 Å². The number of fused-ring (bicyclic) bond motifs is 7. The van der Waals surface area contributed by atoms with Gasteiger partial charge in [0.05, 0.1) is 5.41 Å². The topological polar surface area (TPSA) is 3.24 Å². The highest BCUT2D eigenvalue weighted by atomic mass is 32.1. The maximum atomic E-state index is 2.47. The molecule has 1 aliphatic rings. The number of thiophene rings is 1. The summed E-state index contributed by atoms with van der Waals surface area (Å²) in [6.45, 7) is 0. The summed E-state index contributed by atoms with van der Waals surface area (Å²) in [5.74, 6) is 0. The minimum atomic E-state index is -0.543. The van der Waals surface area contributed by atoms with Crippen molar-refractivity contribution in [3.63, 3.8) is 0 Å². The molecule has 0 saturated heterocycles. The van der Waals surface area contributed by atoms with Crippen molar-refractivity contribution in [1.29, 1.82) is 0 Å². The molecule has 0 spiro atoms. The van der Waals surface area contributed by atoms with Gasteiger partial charge in [-0.25, -0.2) is 0 Å². The molecule has 9 aromatic carbocycles. The van der Waals surface area contributed by atoms with Crippen LogP contribution in [0.25, 0.3) is 53.2 Å². The van der Waals surface area contributed by atoms with E-state index in [0.29, 0.717) is 0 Å². The molecule has 2 heteroatoms. The van der Waals surface area contributed by atoms with Gasteiger partial charge in [0, 0.05) is 37.2 Å². The first-order chi connectivity index (χ1) is 27.3. The fourth-order valence-electron chi connectivity index (χ4n) is 9.06. The number of hydrogen-bond acceptors (Lipinski definition) is 2. The highest BCUT2D eigenvalue weighted by Crippen LogP contribution is 2.57. The summed E-state index contributed by atoms with van der Waals surface area (Å²) >= 11 is 1.86. The van der Waals surface area contributed by atoms with Crippen molar-refractivity contribution in [3.8, 4) is 22.3 Å². The van der Waals surface area contributed by atoms with Crippen molar-refractivity contribution < 1.29 is 0 Å². The Balaban J connectivity index is 1.19. The van der Waals surface area contributed by atoms with E-state index in [0.717, 1.165) is 17.1 Å². The summed E-state index contributed by atoms with van der Waals surface area (Å²) < 4.78 is 2.60. The normalized spacial score (nSPS) is 14.6. The number of benzene rings is 9. The lowest BCUT2D eigenvalue weighted by Crippen LogP contribution is -2.29. The van der Waals surface area contributed by atoms with E-state index in [9.17, 15) is 0 Å². The summed E-state index contributed by atoms with van der Waals surface area (Å²) in [5.41, 5.74) is 12.9. The van der Waals surface area contributed by atoms with Gasteiger partial charge in [-0.15, -0.1) is 11.3 Å². The van der Waals surface area contributed by atoms with Crippen LogP contribution in [0.1, 0.15) is 22.3 Å². The first-order valence-electron chi connectivity index (χ1n) is 18.9. The van der Waals surface area contributed by atoms with Crippen molar-refractivity contribution in [3.05, 3.63) is 235 Å². The standard InChI is InChI=1S/C53H35NS/c1-3-14-36(15-4-1)38-18-13-21-41(32-38)53(40-19-5-2-6-20-40)49-24-11-9-22-45(49)46-30-28-43(34-50(46)53)54(42-27-26-37-16-7-8-17-39(37)33-42)44-29-31-48-47-23-10-12-25-51(47)55-52(48)35-44/h1-35H. The summed E-state index contributed by atoms with van der Waals surface area (Å²) in [6, 6.07) is 78.5. The molecule has 0 bridgehead atoms. The molecule has 0 aliphatic heterocycles. The smallest absolute Gasteiger partial charge is 0.0714 e. The van der Waals surface area contributed by atoms with Gasteiger partial charge < -0.3 is 4.90 Å². The van der Waals surface area contributed by atoms with Crippen LogP contribution in [0.2, 0.25) is 0 Å². The molecule has 1 unspecified atom stereocenters. The van der Waals surface area contributed by atoms with Crippen LogP contribution < -0.4 is 4.90 Å². The molecule has 1 nitrogen and oxygen atoms in total. The van der Waals surface area contributed by atoms with E-state index in [2.05, 4.69) is 217 Å². The number of rotatable bonds is 6. The lowest BCUT2D eigenvalue weighted by atomic mass is 9.67. The van der Waals surface area contributed by atoms with Crippen LogP contribution in [0.4, 0.5) is 17.1 Å². The zero-order valence-electron chi connectivity index (χ0n) is 30.1. The number of hydrogen-bond donors (Lipinski definition) is 0. The maximum absolute atomic E-state index is 2.47. The molecule has 10 aromatic rings. The molecule has 0 amide bonds. The van der Waals surface area contributed by atoms with Gasteiger partial charge in [0.15, 0.2) is 0 Å². The Morgan fingerprint density at radius 3 is 1.85 bits per heavy atom. The molecule has 0 N–H and O–H groups in total. The predicted octanol–water partition coefficient (Wildman–Crippen LogP) is 14.7. The minimum absolute atomic E-state index is 0.543. The second kappa shape index (κ2) is 12.7. The van der Waals surface area contributed by atoms with Gasteiger partial charge in [-0.1, -0.05) is 164 Å². The molecule has 0 radical (unpaired) electrons. The first kappa shape index (κ1) is 31.8. The van der Waals surface area contributed by atoms with Crippen molar-refractivity contribution in [2.24, 2.45) is 0 Å². The molecule has 0 saturated carbocycles. The van der Waals surface area contributed by atoms with Crippen molar-refractivity contribution in [1.82, 2.24) is 0 Å². The van der Waals surface area contributed by atoms with E-state index < -0.39 is 5.41 Å². The van der Waals surface area contributed by atoms with E-state index in [1.54, 1.807) is 0 Å². The van der Waals surface area contributed by atoms with Gasteiger partial charge in [-0.3, -0.25) is 0 Å². The molecule has 11 rings (SSSR count). The molecule has 55 heavy (non-hydrogen) atoms. The fraction of sp³-hybridized carbons (Fsp3) is 0.0189. The molecular formula is C53H35NS. The predicted molar refractivity (Wildman–Crippen MR) is 234 cm³/mol. The second-order valence-electron chi connectivity index (χ2n) is 14.5. The Bertz CT molecular complexity index is 3050. The molecule has 1 aliphatic carbocycles. The lowest BCUT2D eigenvalue weighted by molar-refractivity contribution is 0.769. The van der Waals surface area contributed by atoms with Crippen LogP contribution in [0, 0.1) is 0 Å². The van der Waals surface area contributed by atoms with Crippen LogP contribution in [-0.2, 0) is 5.41 Å². The van der Waals surface area contributed by atoms with Crippen LogP contribution >= 0.6 is 11.3 Å². The Hall–Kier alpha value is -6.74. The van der Waals surface area contributed by atoms with E-state index in [-0.39, 0.29) is 0 Å². The number of nitrogens with zero attached hydrogens (tertiary/aromatic N) is 1. The Morgan fingerprint density at radius 2 is 0.964 bits per heavy atom. The highest BCUT2D eigenvalue weighted by Gasteiger charge is 2.46. The first-order valence-corrected chi connectivity index (χ1v) is 19.7. The molecule has 1 heterocycles. The molecular weight excluding hydrogens is 683 g/mol. The van der Waals surface area contributed by atoms with Crippen molar-refractivity contribution in [2.45, 2.75) is 5.41 Å². The van der Waals surface area contributed by atoms with E-state index in [1.807, 2.05) is 11.3 Å². The average molecular weight is 718 g/mol. The molecule has 1 atom stereocenters. The largest absolute Gasteiger partial charge is 0.310 e. The average Bonchev–Trinajstić information content (AvgIpc) is 3.78. The highest BCUT2D eigenvalue weighted by molar-refractivity contribution is 7.25. The quantitative estimate of drug-likeness (QED) is 0.166. The molecule has 258 valence electrons. The zero-order valence-corrected chi connectivity index (χ0v) is 30.9. The van der Waals surface area contributed by atoms with Gasteiger partial charge in [-0.2, -0.15) is 0 Å². The van der Waals surface area contributed by atoms with Gasteiger partial charge in [0.1, 0.15) is 0 Å². The maximum Gasteiger partial charge on any atom is 0.0714 e. The summed E-state index contributed by atoms with van der Waals surface area (Å²) in [6.07, 6.45) is 0. The second-order valence-corrected chi connectivity index (χ2v) is 15.6. The number of anilines is 3. The van der Waals surface area contributed by atoms with Crippen molar-refractivity contribution in [2.75, 3.05) is 4.90 Å². The third kappa shape index (κ3) is 4.99. The molecule has 0 fully saturated rings. The Labute approximate surface area is 325 Å². The van der Waals surface area contributed by atoms with Crippen LogP contribution in [0.3, 0.4) is 0 Å². The Kier molecular flexibility index (Phi) is 7.33. The molecule has 1 aromatic heterocycles. The van der Waals surface area contributed by atoms with E-state index in [1.165, 1.54) is 75.5 Å². The van der Waals surface area contributed by atoms with Gasteiger partial charge >= 0.3 is 0 Å². The summed E-state index contributed by atoms with van der Waals surface area (Å²) in [4.78, 5) is 2.45. The van der Waals surface area contributed by atoms with Crippen molar-refractivity contribution >= 4 is 59.3 Å². The van der Waals surface area contributed by atoms with Gasteiger partial charge in [0.25, 0.3) is 0 Å². The minimum Gasteiger partial charge on any atom is -0.310 e. The van der Waals surface area contributed by atoms with Gasteiger partial charge in [-0.05, 0) is 104 Å². The zero-order chi connectivity index (χ0) is 36.3. The SMILES string of the molecule is c1ccc(-c2cccc(C3(c4ccccc4)c4ccccc4-c4ccc(N(c5ccc6ccccc6c5)c5ccc6c(c5)sc5ccccc56)cc43)c2)cc1. The lowest BCUT2D eigenvalue weighted by Gasteiger charge is -2.35.